The molecule has 0 unspecified atom stereocenters. The van der Waals surface area contributed by atoms with Gasteiger partial charge in [-0.15, -0.1) is 12.4 Å². The molecule has 0 bridgehead atoms. The van der Waals surface area contributed by atoms with Crippen LogP contribution in [0.25, 0.3) is 0 Å². The molecule has 0 radical (unpaired) electrons. The lowest BCUT2D eigenvalue weighted by molar-refractivity contribution is 0.0593. The Morgan fingerprint density at radius 3 is 2.86 bits per heavy atom. The Labute approximate surface area is 131 Å². The third-order valence-electron chi connectivity index (χ3n) is 3.73. The average molecular weight is 315 g/mol. The fourth-order valence-electron chi connectivity index (χ4n) is 2.46. The molecule has 1 aromatic heterocycles. The molecule has 1 aliphatic rings. The van der Waals surface area contributed by atoms with Crippen LogP contribution >= 0.6 is 12.4 Å². The zero-order valence-corrected chi connectivity index (χ0v) is 13.7. The molecular formula is C14H23ClN4O2. The number of carbonyl (C=O) groups is 1. The van der Waals surface area contributed by atoms with Gasteiger partial charge in [-0.05, 0) is 20.3 Å². The van der Waals surface area contributed by atoms with E-state index in [-0.39, 0.29) is 18.1 Å². The number of hydrogen-bond acceptors (Lipinski definition) is 6. The Balaban J connectivity index is 0.00000220. The van der Waals surface area contributed by atoms with Crippen molar-refractivity contribution in [3.63, 3.8) is 0 Å². The standard InChI is InChI=1S/C14H22N4O2.ClH/c1-5-11-8-18(9(2)6-15-11)13-10(3)17-12(7-16-13)14(19)20-4;/h7,9,11,15H,5-6,8H2,1-4H3;1H/t9-,11+;/m1./s1. The van der Waals surface area contributed by atoms with Crippen LogP contribution in [-0.2, 0) is 4.74 Å². The van der Waals surface area contributed by atoms with Crippen molar-refractivity contribution in [2.24, 2.45) is 0 Å². The minimum atomic E-state index is -0.452. The number of aryl methyl sites for hydroxylation is 1. The fourth-order valence-corrected chi connectivity index (χ4v) is 2.46. The van der Waals surface area contributed by atoms with Gasteiger partial charge >= 0.3 is 5.97 Å². The maximum Gasteiger partial charge on any atom is 0.358 e. The van der Waals surface area contributed by atoms with Crippen molar-refractivity contribution in [1.82, 2.24) is 15.3 Å². The topological polar surface area (TPSA) is 67.4 Å². The third-order valence-corrected chi connectivity index (χ3v) is 3.73. The number of hydrogen-bond donors (Lipinski definition) is 1. The summed E-state index contributed by atoms with van der Waals surface area (Å²) in [6, 6.07) is 0.822. The molecule has 1 N–H and O–H groups in total. The predicted octanol–water partition coefficient (Wildman–Crippen LogP) is 1.57. The van der Waals surface area contributed by atoms with Crippen molar-refractivity contribution < 1.29 is 9.53 Å². The van der Waals surface area contributed by atoms with Crippen LogP contribution in [0.1, 0.15) is 36.5 Å². The van der Waals surface area contributed by atoms with Crippen LogP contribution in [0.15, 0.2) is 6.20 Å². The number of methoxy groups -OCH3 is 1. The summed E-state index contributed by atoms with van der Waals surface area (Å²) in [7, 11) is 1.34. The van der Waals surface area contributed by atoms with Crippen molar-refractivity contribution in [2.75, 3.05) is 25.1 Å². The second-order valence-corrected chi connectivity index (χ2v) is 5.17. The number of esters is 1. The lowest BCUT2D eigenvalue weighted by atomic mass is 10.1. The number of nitrogens with one attached hydrogen (secondary N) is 1. The third kappa shape index (κ3) is 3.83. The summed E-state index contributed by atoms with van der Waals surface area (Å²) in [6.07, 6.45) is 2.57. The van der Waals surface area contributed by atoms with Crippen LogP contribution in [0.3, 0.4) is 0 Å². The quantitative estimate of drug-likeness (QED) is 0.854. The first-order chi connectivity index (χ1) is 9.56. The zero-order valence-electron chi connectivity index (χ0n) is 12.9. The molecule has 0 aliphatic carbocycles. The van der Waals surface area contributed by atoms with E-state index in [2.05, 4.69) is 38.8 Å². The Morgan fingerprint density at radius 1 is 1.57 bits per heavy atom. The van der Waals surface area contributed by atoms with Gasteiger partial charge in [-0.25, -0.2) is 14.8 Å². The van der Waals surface area contributed by atoms with Crippen LogP contribution < -0.4 is 10.2 Å². The summed E-state index contributed by atoms with van der Waals surface area (Å²) in [5, 5.41) is 3.51. The molecule has 0 aromatic carbocycles. The molecule has 0 saturated carbocycles. The molecule has 2 atom stereocenters. The highest BCUT2D eigenvalue weighted by atomic mass is 35.5. The molecular weight excluding hydrogens is 292 g/mol. The SMILES string of the molecule is CC[C@H]1CN(c2ncc(C(=O)OC)nc2C)[C@H](C)CN1.Cl. The van der Waals surface area contributed by atoms with E-state index in [9.17, 15) is 4.79 Å². The van der Waals surface area contributed by atoms with Crippen LogP contribution in [0.4, 0.5) is 5.82 Å². The van der Waals surface area contributed by atoms with Gasteiger partial charge in [0.2, 0.25) is 0 Å². The summed E-state index contributed by atoms with van der Waals surface area (Å²) in [5.41, 5.74) is 1.01. The molecule has 1 aliphatic heterocycles. The van der Waals surface area contributed by atoms with Gasteiger partial charge in [0.1, 0.15) is 5.82 Å². The molecule has 2 heterocycles. The van der Waals surface area contributed by atoms with E-state index in [1.54, 1.807) is 0 Å². The van der Waals surface area contributed by atoms with E-state index in [4.69, 9.17) is 0 Å². The van der Waals surface area contributed by atoms with Crippen molar-refractivity contribution in [1.29, 1.82) is 0 Å². The number of piperazine rings is 1. The average Bonchev–Trinajstić information content (AvgIpc) is 2.47. The highest BCUT2D eigenvalue weighted by Crippen LogP contribution is 2.21. The molecule has 0 amide bonds. The van der Waals surface area contributed by atoms with E-state index in [0.717, 1.165) is 31.0 Å². The maximum absolute atomic E-state index is 11.5. The molecule has 7 heteroatoms. The van der Waals surface area contributed by atoms with E-state index in [0.29, 0.717) is 12.1 Å². The van der Waals surface area contributed by atoms with E-state index >= 15 is 0 Å². The molecule has 1 fully saturated rings. The van der Waals surface area contributed by atoms with Gasteiger partial charge in [0, 0.05) is 25.2 Å². The summed E-state index contributed by atoms with van der Waals surface area (Å²) in [5.74, 6) is 0.400. The normalized spacial score (nSPS) is 21.6. The maximum atomic E-state index is 11.5. The van der Waals surface area contributed by atoms with Crippen LogP contribution in [0.5, 0.6) is 0 Å². The second-order valence-electron chi connectivity index (χ2n) is 5.17. The van der Waals surface area contributed by atoms with Crippen molar-refractivity contribution in [3.8, 4) is 0 Å². The first kappa shape index (κ1) is 17.7. The minimum absolute atomic E-state index is 0. The number of carbonyl (C=O) groups excluding carboxylic acids is 1. The van der Waals surface area contributed by atoms with Gasteiger partial charge in [0.25, 0.3) is 0 Å². The van der Waals surface area contributed by atoms with Gasteiger partial charge in [-0.2, -0.15) is 0 Å². The van der Waals surface area contributed by atoms with Crippen molar-refractivity contribution in [2.45, 2.75) is 39.3 Å². The second kappa shape index (κ2) is 7.56. The van der Waals surface area contributed by atoms with Gasteiger partial charge in [0.05, 0.1) is 19.0 Å². The van der Waals surface area contributed by atoms with Gasteiger partial charge in [0.15, 0.2) is 5.69 Å². The molecule has 0 spiro atoms. The van der Waals surface area contributed by atoms with E-state index in [1.807, 2.05) is 6.92 Å². The number of ether oxygens (including phenoxy) is 1. The smallest absolute Gasteiger partial charge is 0.358 e. The van der Waals surface area contributed by atoms with Crippen LogP contribution in [-0.4, -0.2) is 48.2 Å². The van der Waals surface area contributed by atoms with E-state index < -0.39 is 5.97 Å². The lowest BCUT2D eigenvalue weighted by Gasteiger charge is -2.39. The summed E-state index contributed by atoms with van der Waals surface area (Å²) in [6.45, 7) is 8.05. The lowest BCUT2D eigenvalue weighted by Crippen LogP contribution is -2.55. The predicted molar refractivity (Wildman–Crippen MR) is 84.2 cm³/mol. The number of aromatic nitrogens is 2. The van der Waals surface area contributed by atoms with Crippen molar-refractivity contribution >= 4 is 24.2 Å². The van der Waals surface area contributed by atoms with Crippen LogP contribution in [0.2, 0.25) is 0 Å². The first-order valence-corrected chi connectivity index (χ1v) is 6.98. The van der Waals surface area contributed by atoms with E-state index in [1.165, 1.54) is 13.3 Å². The van der Waals surface area contributed by atoms with Crippen molar-refractivity contribution in [3.05, 3.63) is 17.6 Å². The number of halogens is 1. The first-order valence-electron chi connectivity index (χ1n) is 6.98. The van der Waals surface area contributed by atoms with Gasteiger partial charge in [-0.3, -0.25) is 0 Å². The molecule has 6 nitrogen and oxygen atoms in total. The largest absolute Gasteiger partial charge is 0.464 e. The van der Waals surface area contributed by atoms with Gasteiger partial charge in [-0.1, -0.05) is 6.92 Å². The summed E-state index contributed by atoms with van der Waals surface area (Å²) in [4.78, 5) is 22.5. The molecule has 2 rings (SSSR count). The Hall–Kier alpha value is -1.40. The minimum Gasteiger partial charge on any atom is -0.464 e. The molecule has 21 heavy (non-hydrogen) atoms. The highest BCUT2D eigenvalue weighted by molar-refractivity contribution is 5.87. The highest BCUT2D eigenvalue weighted by Gasteiger charge is 2.26. The Morgan fingerprint density at radius 2 is 2.29 bits per heavy atom. The zero-order chi connectivity index (χ0) is 14.7. The summed E-state index contributed by atoms with van der Waals surface area (Å²) >= 11 is 0. The number of nitrogens with zero attached hydrogens (tertiary/aromatic N) is 3. The molecule has 1 aromatic rings. The Bertz CT molecular complexity index is 498. The van der Waals surface area contributed by atoms with Gasteiger partial charge < -0.3 is 15.0 Å². The number of rotatable bonds is 3. The van der Waals surface area contributed by atoms with Crippen LogP contribution in [0, 0.1) is 6.92 Å². The Kier molecular flexibility index (Phi) is 6.36. The molecule has 1 saturated heterocycles. The molecule has 118 valence electrons. The number of anilines is 1. The summed E-state index contributed by atoms with van der Waals surface area (Å²) < 4.78 is 4.67. The monoisotopic (exact) mass is 314 g/mol. The fraction of sp³-hybridized carbons (Fsp3) is 0.643.